The standard InChI is InChI=1S/C16H17NOS/c18-16-7-9-19-10-8-17(16)12-13-5-6-14-3-1-2-4-15(14)11-13/h1-6,11H,7-10,12H2. The Morgan fingerprint density at radius 1 is 1.05 bits per heavy atom. The first-order chi connectivity index (χ1) is 9.33. The lowest BCUT2D eigenvalue weighted by Crippen LogP contribution is -2.30. The maximum absolute atomic E-state index is 12.0. The fourth-order valence-electron chi connectivity index (χ4n) is 2.44. The van der Waals surface area contributed by atoms with Crippen molar-refractivity contribution >= 4 is 28.4 Å². The zero-order valence-electron chi connectivity index (χ0n) is 10.8. The van der Waals surface area contributed by atoms with Gasteiger partial charge in [-0.2, -0.15) is 11.8 Å². The van der Waals surface area contributed by atoms with E-state index < -0.39 is 0 Å². The Morgan fingerprint density at radius 2 is 1.89 bits per heavy atom. The molecule has 1 fully saturated rings. The first-order valence-electron chi connectivity index (χ1n) is 6.66. The highest BCUT2D eigenvalue weighted by Gasteiger charge is 2.16. The topological polar surface area (TPSA) is 20.3 Å². The lowest BCUT2D eigenvalue weighted by atomic mass is 10.1. The zero-order chi connectivity index (χ0) is 13.1. The summed E-state index contributed by atoms with van der Waals surface area (Å²) in [5.74, 6) is 2.31. The smallest absolute Gasteiger partial charge is 0.223 e. The maximum atomic E-state index is 12.0. The van der Waals surface area contributed by atoms with E-state index >= 15 is 0 Å². The first kappa shape index (κ1) is 12.5. The summed E-state index contributed by atoms with van der Waals surface area (Å²) in [5.41, 5.74) is 1.22. The molecule has 0 aliphatic carbocycles. The molecular weight excluding hydrogens is 254 g/mol. The number of fused-ring (bicyclic) bond motifs is 1. The number of thioether (sulfide) groups is 1. The second-order valence-corrected chi connectivity index (χ2v) is 6.08. The quantitative estimate of drug-likeness (QED) is 0.835. The van der Waals surface area contributed by atoms with Gasteiger partial charge in [0.1, 0.15) is 0 Å². The molecule has 2 aromatic carbocycles. The van der Waals surface area contributed by atoms with Crippen molar-refractivity contribution in [2.75, 3.05) is 18.1 Å². The molecule has 0 unspecified atom stereocenters. The summed E-state index contributed by atoms with van der Waals surface area (Å²) in [6.45, 7) is 1.61. The summed E-state index contributed by atoms with van der Waals surface area (Å²) in [6, 6.07) is 14.8. The molecular formula is C16H17NOS. The number of benzene rings is 2. The lowest BCUT2D eigenvalue weighted by Gasteiger charge is -2.20. The molecule has 0 aromatic heterocycles. The SMILES string of the molecule is O=C1CCSCCN1Cc1ccc2ccccc2c1. The van der Waals surface area contributed by atoms with E-state index in [1.54, 1.807) is 0 Å². The van der Waals surface area contributed by atoms with Crippen LogP contribution in [-0.4, -0.2) is 28.9 Å². The summed E-state index contributed by atoms with van der Waals surface area (Å²) in [7, 11) is 0. The normalized spacial score (nSPS) is 16.6. The van der Waals surface area contributed by atoms with Gasteiger partial charge in [-0.25, -0.2) is 0 Å². The van der Waals surface area contributed by atoms with Crippen LogP contribution in [-0.2, 0) is 11.3 Å². The predicted octanol–water partition coefficient (Wildman–Crippen LogP) is 3.31. The molecule has 2 nitrogen and oxygen atoms in total. The first-order valence-corrected chi connectivity index (χ1v) is 7.81. The molecule has 1 amide bonds. The molecule has 19 heavy (non-hydrogen) atoms. The molecule has 2 aromatic rings. The third kappa shape index (κ3) is 2.92. The number of amides is 1. The monoisotopic (exact) mass is 271 g/mol. The van der Waals surface area contributed by atoms with Crippen LogP contribution in [0.1, 0.15) is 12.0 Å². The van der Waals surface area contributed by atoms with Crippen molar-refractivity contribution in [3.63, 3.8) is 0 Å². The summed E-state index contributed by atoms with van der Waals surface area (Å²) < 4.78 is 0. The highest BCUT2D eigenvalue weighted by Crippen LogP contribution is 2.19. The third-order valence-electron chi connectivity index (χ3n) is 3.51. The molecule has 1 aliphatic rings. The van der Waals surface area contributed by atoms with E-state index in [0.29, 0.717) is 6.42 Å². The molecule has 0 saturated carbocycles. The van der Waals surface area contributed by atoms with Gasteiger partial charge in [-0.1, -0.05) is 36.4 Å². The molecule has 1 saturated heterocycles. The van der Waals surface area contributed by atoms with Gasteiger partial charge >= 0.3 is 0 Å². The van der Waals surface area contributed by atoms with Crippen LogP contribution >= 0.6 is 11.8 Å². The average molecular weight is 271 g/mol. The lowest BCUT2D eigenvalue weighted by molar-refractivity contribution is -0.130. The molecule has 0 N–H and O–H groups in total. The van der Waals surface area contributed by atoms with Crippen molar-refractivity contribution in [1.29, 1.82) is 0 Å². The average Bonchev–Trinajstić information content (AvgIpc) is 2.64. The van der Waals surface area contributed by atoms with Crippen molar-refractivity contribution < 1.29 is 4.79 Å². The summed E-state index contributed by atoms with van der Waals surface area (Å²) in [6.07, 6.45) is 0.679. The Kier molecular flexibility index (Phi) is 3.74. The maximum Gasteiger partial charge on any atom is 0.223 e. The fraction of sp³-hybridized carbons (Fsp3) is 0.312. The molecule has 3 heteroatoms. The number of carbonyl (C=O) groups excluding carboxylic acids is 1. The Hall–Kier alpha value is -1.48. The second-order valence-electron chi connectivity index (χ2n) is 4.86. The van der Waals surface area contributed by atoms with Gasteiger partial charge in [-0.15, -0.1) is 0 Å². The second kappa shape index (κ2) is 5.66. The van der Waals surface area contributed by atoms with E-state index in [9.17, 15) is 4.79 Å². The van der Waals surface area contributed by atoms with Crippen LogP contribution in [0.2, 0.25) is 0 Å². The van der Waals surface area contributed by atoms with Gasteiger partial charge in [0.05, 0.1) is 0 Å². The zero-order valence-corrected chi connectivity index (χ0v) is 11.7. The summed E-state index contributed by atoms with van der Waals surface area (Å²) >= 11 is 1.87. The van der Waals surface area contributed by atoms with Crippen molar-refractivity contribution in [2.45, 2.75) is 13.0 Å². The predicted molar refractivity (Wildman–Crippen MR) is 81.3 cm³/mol. The van der Waals surface area contributed by atoms with Gasteiger partial charge < -0.3 is 4.90 Å². The largest absolute Gasteiger partial charge is 0.338 e. The van der Waals surface area contributed by atoms with E-state index in [1.807, 2.05) is 16.7 Å². The van der Waals surface area contributed by atoms with E-state index in [0.717, 1.165) is 24.6 Å². The Morgan fingerprint density at radius 3 is 2.79 bits per heavy atom. The third-order valence-corrected chi connectivity index (χ3v) is 4.47. The van der Waals surface area contributed by atoms with E-state index in [1.165, 1.54) is 16.3 Å². The number of hydrogen-bond acceptors (Lipinski definition) is 2. The molecule has 0 bridgehead atoms. The molecule has 3 rings (SSSR count). The van der Waals surface area contributed by atoms with Crippen LogP contribution in [0.25, 0.3) is 10.8 Å². The highest BCUT2D eigenvalue weighted by atomic mass is 32.2. The highest BCUT2D eigenvalue weighted by molar-refractivity contribution is 7.99. The molecule has 1 heterocycles. The minimum atomic E-state index is 0.290. The van der Waals surface area contributed by atoms with Crippen LogP contribution < -0.4 is 0 Å². The summed E-state index contributed by atoms with van der Waals surface area (Å²) in [4.78, 5) is 14.0. The molecule has 1 aliphatic heterocycles. The number of rotatable bonds is 2. The van der Waals surface area contributed by atoms with Crippen LogP contribution in [0.4, 0.5) is 0 Å². The minimum Gasteiger partial charge on any atom is -0.338 e. The Labute approximate surface area is 117 Å². The molecule has 0 radical (unpaired) electrons. The van der Waals surface area contributed by atoms with Gasteiger partial charge in [0.15, 0.2) is 0 Å². The number of carbonyl (C=O) groups is 1. The van der Waals surface area contributed by atoms with Crippen molar-refractivity contribution in [3.8, 4) is 0 Å². The van der Waals surface area contributed by atoms with Crippen molar-refractivity contribution in [1.82, 2.24) is 4.90 Å². The number of hydrogen-bond donors (Lipinski definition) is 0. The molecule has 0 spiro atoms. The van der Waals surface area contributed by atoms with E-state index in [-0.39, 0.29) is 5.91 Å². The van der Waals surface area contributed by atoms with Gasteiger partial charge in [-0.3, -0.25) is 4.79 Å². The van der Waals surface area contributed by atoms with Gasteiger partial charge in [0.2, 0.25) is 5.91 Å². The van der Waals surface area contributed by atoms with Crippen LogP contribution in [0.5, 0.6) is 0 Å². The Bertz CT molecular complexity index is 596. The van der Waals surface area contributed by atoms with Crippen LogP contribution in [0.3, 0.4) is 0 Å². The number of nitrogens with zero attached hydrogens (tertiary/aromatic N) is 1. The molecule has 0 atom stereocenters. The van der Waals surface area contributed by atoms with Gasteiger partial charge in [0.25, 0.3) is 0 Å². The van der Waals surface area contributed by atoms with Gasteiger partial charge in [0, 0.05) is 31.0 Å². The van der Waals surface area contributed by atoms with Crippen LogP contribution in [0.15, 0.2) is 42.5 Å². The van der Waals surface area contributed by atoms with Crippen molar-refractivity contribution in [2.24, 2.45) is 0 Å². The molecule has 98 valence electrons. The fourth-order valence-corrected chi connectivity index (χ4v) is 3.32. The van der Waals surface area contributed by atoms with E-state index in [4.69, 9.17) is 0 Å². The van der Waals surface area contributed by atoms with Crippen LogP contribution in [0, 0.1) is 0 Å². The van der Waals surface area contributed by atoms with Gasteiger partial charge in [-0.05, 0) is 22.4 Å². The summed E-state index contributed by atoms with van der Waals surface area (Å²) in [5, 5.41) is 2.50. The van der Waals surface area contributed by atoms with Crippen molar-refractivity contribution in [3.05, 3.63) is 48.0 Å². The Balaban J connectivity index is 1.82. The minimum absolute atomic E-state index is 0.290. The van der Waals surface area contributed by atoms with E-state index in [2.05, 4.69) is 42.5 Å².